The summed E-state index contributed by atoms with van der Waals surface area (Å²) in [5.41, 5.74) is 0.888. The molecule has 1 aromatic heterocycles. The maximum absolute atomic E-state index is 5.56. The number of benzene rings is 1. The van der Waals surface area contributed by atoms with Crippen LogP contribution in [0.1, 0.15) is 20.3 Å². The monoisotopic (exact) mass is 288 g/mol. The topological polar surface area (TPSA) is 69.2 Å². The third-order valence-corrected chi connectivity index (χ3v) is 2.72. The smallest absolute Gasteiger partial charge is 0.321 e. The molecule has 6 nitrogen and oxygen atoms in total. The number of hydrogen-bond donors (Lipinski definition) is 1. The van der Waals surface area contributed by atoms with Crippen molar-refractivity contribution in [2.75, 3.05) is 25.6 Å². The number of aromatic nitrogens is 3. The molecule has 0 amide bonds. The highest BCUT2D eigenvalue weighted by Crippen LogP contribution is 2.21. The highest BCUT2D eigenvalue weighted by Gasteiger charge is 2.08. The average molecular weight is 288 g/mol. The maximum Gasteiger partial charge on any atom is 0.321 e. The highest BCUT2D eigenvalue weighted by atomic mass is 16.5. The van der Waals surface area contributed by atoms with E-state index in [0.717, 1.165) is 24.3 Å². The van der Waals surface area contributed by atoms with E-state index in [9.17, 15) is 0 Å². The van der Waals surface area contributed by atoms with Gasteiger partial charge in [0.1, 0.15) is 5.75 Å². The lowest BCUT2D eigenvalue weighted by atomic mass is 10.2. The van der Waals surface area contributed by atoms with Gasteiger partial charge in [-0.05, 0) is 37.6 Å². The van der Waals surface area contributed by atoms with E-state index >= 15 is 0 Å². The summed E-state index contributed by atoms with van der Waals surface area (Å²) < 4.78 is 10.7. The molecule has 2 aromatic rings. The minimum absolute atomic E-state index is 0.294. The van der Waals surface area contributed by atoms with Crippen LogP contribution in [-0.2, 0) is 0 Å². The molecule has 112 valence electrons. The van der Waals surface area contributed by atoms with Gasteiger partial charge in [-0.25, -0.2) is 0 Å². The largest absolute Gasteiger partial charge is 0.494 e. The molecule has 0 spiro atoms. The SMILES string of the molecule is CCCOc1ccc(-c2nc(NCC)nc(OC)n2)cc1. The van der Waals surface area contributed by atoms with Crippen LogP contribution in [0.2, 0.25) is 0 Å². The van der Waals surface area contributed by atoms with Gasteiger partial charge >= 0.3 is 6.01 Å². The van der Waals surface area contributed by atoms with Crippen molar-refractivity contribution in [3.8, 4) is 23.1 Å². The Bertz CT molecular complexity index is 572. The van der Waals surface area contributed by atoms with E-state index in [-0.39, 0.29) is 0 Å². The van der Waals surface area contributed by atoms with Crippen LogP contribution in [-0.4, -0.2) is 35.2 Å². The van der Waals surface area contributed by atoms with Crippen molar-refractivity contribution in [3.05, 3.63) is 24.3 Å². The van der Waals surface area contributed by atoms with E-state index < -0.39 is 0 Å². The predicted octanol–water partition coefficient (Wildman–Crippen LogP) is 2.77. The first kappa shape index (κ1) is 15.0. The normalized spacial score (nSPS) is 10.2. The molecule has 0 aliphatic rings. The Morgan fingerprint density at radius 1 is 1.05 bits per heavy atom. The molecule has 0 aliphatic heterocycles. The molecule has 0 aliphatic carbocycles. The first-order valence-electron chi connectivity index (χ1n) is 7.04. The van der Waals surface area contributed by atoms with E-state index in [0.29, 0.717) is 24.4 Å². The van der Waals surface area contributed by atoms with Crippen LogP contribution in [0.5, 0.6) is 11.8 Å². The van der Waals surface area contributed by atoms with Crippen LogP contribution in [0, 0.1) is 0 Å². The van der Waals surface area contributed by atoms with Crippen molar-refractivity contribution in [3.63, 3.8) is 0 Å². The molecule has 0 bridgehead atoms. The quantitative estimate of drug-likeness (QED) is 0.845. The standard InChI is InChI=1S/C15H20N4O2/c1-4-10-21-12-8-6-11(7-9-12)13-17-14(16-5-2)19-15(18-13)20-3/h6-9H,4-5,10H2,1-3H3,(H,16,17,18,19). The van der Waals surface area contributed by atoms with Gasteiger partial charge in [0.15, 0.2) is 5.82 Å². The second kappa shape index (κ2) is 7.42. The van der Waals surface area contributed by atoms with Crippen molar-refractivity contribution in [2.45, 2.75) is 20.3 Å². The zero-order chi connectivity index (χ0) is 15.1. The summed E-state index contributed by atoms with van der Waals surface area (Å²) in [6, 6.07) is 7.97. The Balaban J connectivity index is 2.25. The Morgan fingerprint density at radius 3 is 2.43 bits per heavy atom. The lowest BCUT2D eigenvalue weighted by Crippen LogP contribution is -2.06. The molecule has 0 unspecified atom stereocenters. The summed E-state index contributed by atoms with van der Waals surface area (Å²) >= 11 is 0. The first-order valence-corrected chi connectivity index (χ1v) is 7.04. The molecule has 6 heteroatoms. The molecule has 0 atom stereocenters. The summed E-state index contributed by atoms with van der Waals surface area (Å²) in [6.07, 6.45) is 0.985. The molecule has 0 saturated carbocycles. The molecule has 1 heterocycles. The van der Waals surface area contributed by atoms with Crippen LogP contribution < -0.4 is 14.8 Å². The van der Waals surface area contributed by atoms with Crippen molar-refractivity contribution >= 4 is 5.95 Å². The Labute approximate surface area is 124 Å². The summed E-state index contributed by atoms with van der Waals surface area (Å²) in [5.74, 6) is 1.92. The maximum atomic E-state index is 5.56. The van der Waals surface area contributed by atoms with E-state index in [1.165, 1.54) is 7.11 Å². The van der Waals surface area contributed by atoms with Crippen molar-refractivity contribution in [1.29, 1.82) is 0 Å². The van der Waals surface area contributed by atoms with Crippen LogP contribution in [0.3, 0.4) is 0 Å². The highest BCUT2D eigenvalue weighted by molar-refractivity contribution is 5.57. The molecule has 0 fully saturated rings. The molecule has 0 radical (unpaired) electrons. The van der Waals surface area contributed by atoms with Crippen LogP contribution in [0.15, 0.2) is 24.3 Å². The van der Waals surface area contributed by atoms with E-state index in [1.54, 1.807) is 0 Å². The van der Waals surface area contributed by atoms with E-state index in [1.807, 2.05) is 31.2 Å². The Kier molecular flexibility index (Phi) is 5.31. The van der Waals surface area contributed by atoms with Crippen LogP contribution in [0.4, 0.5) is 5.95 Å². The zero-order valence-electron chi connectivity index (χ0n) is 12.6. The van der Waals surface area contributed by atoms with Crippen LogP contribution in [0.25, 0.3) is 11.4 Å². The molecule has 0 saturated heterocycles. The van der Waals surface area contributed by atoms with Crippen LogP contribution >= 0.6 is 0 Å². The fourth-order valence-corrected chi connectivity index (χ4v) is 1.73. The van der Waals surface area contributed by atoms with Gasteiger partial charge in [0.2, 0.25) is 5.95 Å². The predicted molar refractivity (Wildman–Crippen MR) is 81.8 cm³/mol. The van der Waals surface area contributed by atoms with Gasteiger partial charge in [0.25, 0.3) is 0 Å². The summed E-state index contributed by atoms with van der Waals surface area (Å²) in [7, 11) is 1.54. The lowest BCUT2D eigenvalue weighted by Gasteiger charge is -2.08. The van der Waals surface area contributed by atoms with Crippen molar-refractivity contribution < 1.29 is 9.47 Å². The van der Waals surface area contributed by atoms with Gasteiger partial charge in [0, 0.05) is 12.1 Å². The fraction of sp³-hybridized carbons (Fsp3) is 0.400. The van der Waals surface area contributed by atoms with Crippen molar-refractivity contribution in [1.82, 2.24) is 15.0 Å². The number of rotatable bonds is 7. The summed E-state index contributed by atoms with van der Waals surface area (Å²) in [4.78, 5) is 12.8. The summed E-state index contributed by atoms with van der Waals surface area (Å²) in [6.45, 7) is 5.50. The van der Waals surface area contributed by atoms with E-state index in [4.69, 9.17) is 9.47 Å². The Hall–Kier alpha value is -2.37. The second-order valence-corrected chi connectivity index (χ2v) is 4.37. The summed E-state index contributed by atoms with van der Waals surface area (Å²) in [5, 5.41) is 3.06. The number of hydrogen-bond acceptors (Lipinski definition) is 6. The molecule has 2 rings (SSSR count). The lowest BCUT2D eigenvalue weighted by molar-refractivity contribution is 0.317. The average Bonchev–Trinajstić information content (AvgIpc) is 2.53. The number of anilines is 1. The minimum Gasteiger partial charge on any atom is -0.494 e. The number of nitrogens with zero attached hydrogens (tertiary/aromatic N) is 3. The molecule has 1 aromatic carbocycles. The number of nitrogens with one attached hydrogen (secondary N) is 1. The minimum atomic E-state index is 0.294. The van der Waals surface area contributed by atoms with Gasteiger partial charge in [-0.15, -0.1) is 0 Å². The molecule has 21 heavy (non-hydrogen) atoms. The van der Waals surface area contributed by atoms with Crippen molar-refractivity contribution in [2.24, 2.45) is 0 Å². The van der Waals surface area contributed by atoms with E-state index in [2.05, 4.69) is 27.2 Å². The van der Waals surface area contributed by atoms with Gasteiger partial charge in [0.05, 0.1) is 13.7 Å². The Morgan fingerprint density at radius 2 is 1.81 bits per heavy atom. The molecular formula is C15H20N4O2. The fourth-order valence-electron chi connectivity index (χ4n) is 1.73. The van der Waals surface area contributed by atoms with Gasteiger partial charge in [-0.1, -0.05) is 6.92 Å². The molecule has 1 N–H and O–H groups in total. The third kappa shape index (κ3) is 4.05. The zero-order valence-corrected chi connectivity index (χ0v) is 12.6. The third-order valence-electron chi connectivity index (χ3n) is 2.72. The number of ether oxygens (including phenoxy) is 2. The second-order valence-electron chi connectivity index (χ2n) is 4.37. The first-order chi connectivity index (χ1) is 10.3. The van der Waals surface area contributed by atoms with Gasteiger partial charge in [-0.2, -0.15) is 15.0 Å². The molecular weight excluding hydrogens is 268 g/mol. The number of methoxy groups -OCH3 is 1. The van der Waals surface area contributed by atoms with Gasteiger partial charge < -0.3 is 14.8 Å². The van der Waals surface area contributed by atoms with Gasteiger partial charge in [-0.3, -0.25) is 0 Å².